The first-order chi connectivity index (χ1) is 6.65. The van der Waals surface area contributed by atoms with E-state index in [9.17, 15) is 9.59 Å². The Bertz CT molecular complexity index is 229. The van der Waals surface area contributed by atoms with Crippen molar-refractivity contribution in [3.63, 3.8) is 0 Å². The Hall–Kier alpha value is -0.940. The second-order valence-electron chi connectivity index (χ2n) is 3.39. The largest absolute Gasteiger partial charge is 0.480 e. The standard InChI is InChI=1S/C9H15NO4/c1-14-5-4-10-6-7(11)2-3-8(10)9(12)13/h8H,2-6H2,1H3,(H,12,13). The Morgan fingerprint density at radius 1 is 1.71 bits per heavy atom. The van der Waals surface area contributed by atoms with Gasteiger partial charge in [-0.2, -0.15) is 0 Å². The van der Waals surface area contributed by atoms with E-state index in [2.05, 4.69) is 0 Å². The van der Waals surface area contributed by atoms with Gasteiger partial charge in [-0.3, -0.25) is 14.5 Å². The second kappa shape index (κ2) is 5.07. The molecule has 1 rings (SSSR count). The van der Waals surface area contributed by atoms with Gasteiger partial charge in [-0.25, -0.2) is 0 Å². The van der Waals surface area contributed by atoms with E-state index in [0.29, 0.717) is 26.0 Å². The molecule has 1 heterocycles. The van der Waals surface area contributed by atoms with Gasteiger partial charge >= 0.3 is 5.97 Å². The number of ether oxygens (including phenoxy) is 1. The third kappa shape index (κ3) is 2.78. The molecule has 0 aromatic rings. The predicted octanol–water partition coefficient (Wildman–Crippen LogP) is -0.249. The van der Waals surface area contributed by atoms with E-state index in [1.54, 1.807) is 12.0 Å². The lowest BCUT2D eigenvalue weighted by Crippen LogP contribution is -2.49. The first kappa shape index (κ1) is 11.1. The van der Waals surface area contributed by atoms with Crippen LogP contribution in [0.2, 0.25) is 0 Å². The lowest BCUT2D eigenvalue weighted by Gasteiger charge is -2.31. The van der Waals surface area contributed by atoms with Gasteiger partial charge in [-0.1, -0.05) is 0 Å². The van der Waals surface area contributed by atoms with Crippen LogP contribution in [0.15, 0.2) is 0 Å². The zero-order chi connectivity index (χ0) is 10.6. The zero-order valence-electron chi connectivity index (χ0n) is 8.23. The minimum atomic E-state index is -0.853. The molecule has 1 atom stereocenters. The number of ketones is 1. The number of carbonyl (C=O) groups is 2. The summed E-state index contributed by atoms with van der Waals surface area (Å²) in [6.07, 6.45) is 0.790. The quantitative estimate of drug-likeness (QED) is 0.679. The average molecular weight is 201 g/mol. The summed E-state index contributed by atoms with van der Waals surface area (Å²) in [5.41, 5.74) is 0. The monoisotopic (exact) mass is 201 g/mol. The molecule has 5 nitrogen and oxygen atoms in total. The van der Waals surface area contributed by atoms with Crippen LogP contribution in [-0.4, -0.2) is 54.6 Å². The number of carboxylic acid groups (broad SMARTS) is 1. The van der Waals surface area contributed by atoms with Crippen molar-refractivity contribution >= 4 is 11.8 Å². The Labute approximate surface area is 82.6 Å². The summed E-state index contributed by atoms with van der Waals surface area (Å²) >= 11 is 0. The number of aliphatic carboxylic acids is 1. The van der Waals surface area contributed by atoms with Gasteiger partial charge in [0.05, 0.1) is 13.2 Å². The SMILES string of the molecule is COCCN1CC(=O)CCC1C(=O)O. The third-order valence-corrected chi connectivity index (χ3v) is 2.38. The van der Waals surface area contributed by atoms with Crippen LogP contribution >= 0.6 is 0 Å². The van der Waals surface area contributed by atoms with Crippen molar-refractivity contribution < 1.29 is 19.4 Å². The molecule has 1 aliphatic rings. The van der Waals surface area contributed by atoms with E-state index in [1.165, 1.54) is 0 Å². The molecule has 80 valence electrons. The molecule has 5 heteroatoms. The first-order valence-corrected chi connectivity index (χ1v) is 4.62. The van der Waals surface area contributed by atoms with Crippen LogP contribution in [-0.2, 0) is 14.3 Å². The van der Waals surface area contributed by atoms with Gasteiger partial charge in [0.1, 0.15) is 11.8 Å². The molecule has 0 radical (unpaired) electrons. The molecule has 0 aromatic heterocycles. The Balaban J connectivity index is 2.54. The van der Waals surface area contributed by atoms with Crippen molar-refractivity contribution in [2.75, 3.05) is 26.8 Å². The predicted molar refractivity (Wildman–Crippen MR) is 49.1 cm³/mol. The normalized spacial score (nSPS) is 23.8. The van der Waals surface area contributed by atoms with E-state index >= 15 is 0 Å². The lowest BCUT2D eigenvalue weighted by molar-refractivity contribution is -0.146. The molecule has 14 heavy (non-hydrogen) atoms. The van der Waals surface area contributed by atoms with Gasteiger partial charge in [-0.15, -0.1) is 0 Å². The Morgan fingerprint density at radius 2 is 2.43 bits per heavy atom. The Kier molecular flexibility index (Phi) is 4.03. The molecule has 1 fully saturated rings. The van der Waals surface area contributed by atoms with Crippen molar-refractivity contribution in [3.05, 3.63) is 0 Å². The van der Waals surface area contributed by atoms with Crippen LogP contribution in [0.3, 0.4) is 0 Å². The molecule has 1 N–H and O–H groups in total. The molecule has 1 saturated heterocycles. The minimum Gasteiger partial charge on any atom is -0.480 e. The molecule has 1 aliphatic heterocycles. The van der Waals surface area contributed by atoms with Crippen molar-refractivity contribution in [2.24, 2.45) is 0 Å². The van der Waals surface area contributed by atoms with Crippen molar-refractivity contribution in [1.82, 2.24) is 4.90 Å². The fraction of sp³-hybridized carbons (Fsp3) is 0.778. The van der Waals surface area contributed by atoms with Gasteiger partial charge in [-0.05, 0) is 6.42 Å². The summed E-state index contributed by atoms with van der Waals surface area (Å²) in [6, 6.07) is -0.525. The summed E-state index contributed by atoms with van der Waals surface area (Å²) in [4.78, 5) is 23.6. The third-order valence-electron chi connectivity index (χ3n) is 2.38. The number of nitrogens with zero attached hydrogens (tertiary/aromatic N) is 1. The van der Waals surface area contributed by atoms with Gasteiger partial charge in [0, 0.05) is 20.1 Å². The van der Waals surface area contributed by atoms with Crippen LogP contribution in [0.4, 0.5) is 0 Å². The van der Waals surface area contributed by atoms with Gasteiger partial charge < -0.3 is 9.84 Å². The number of piperidine rings is 1. The number of methoxy groups -OCH3 is 1. The fourth-order valence-corrected chi connectivity index (χ4v) is 1.62. The average Bonchev–Trinajstić information content (AvgIpc) is 2.14. The number of rotatable bonds is 4. The summed E-state index contributed by atoms with van der Waals surface area (Å²) in [5.74, 6) is -0.743. The van der Waals surface area contributed by atoms with E-state index in [-0.39, 0.29) is 12.3 Å². The van der Waals surface area contributed by atoms with E-state index in [4.69, 9.17) is 9.84 Å². The molecule has 0 spiro atoms. The smallest absolute Gasteiger partial charge is 0.320 e. The van der Waals surface area contributed by atoms with Crippen molar-refractivity contribution in [1.29, 1.82) is 0 Å². The number of carbonyl (C=O) groups excluding carboxylic acids is 1. The van der Waals surface area contributed by atoms with E-state index in [1.807, 2.05) is 0 Å². The molecular weight excluding hydrogens is 186 g/mol. The van der Waals surface area contributed by atoms with Crippen LogP contribution in [0.1, 0.15) is 12.8 Å². The highest BCUT2D eigenvalue weighted by molar-refractivity contribution is 5.84. The van der Waals surface area contributed by atoms with E-state index < -0.39 is 12.0 Å². The van der Waals surface area contributed by atoms with Gasteiger partial charge in [0.15, 0.2) is 0 Å². The summed E-state index contributed by atoms with van der Waals surface area (Å²) in [5, 5.41) is 8.90. The lowest BCUT2D eigenvalue weighted by atomic mass is 10.0. The topological polar surface area (TPSA) is 66.8 Å². The maximum atomic E-state index is 11.1. The summed E-state index contributed by atoms with van der Waals surface area (Å²) in [6.45, 7) is 1.19. The maximum Gasteiger partial charge on any atom is 0.320 e. The van der Waals surface area contributed by atoms with E-state index in [0.717, 1.165) is 0 Å². The molecule has 0 aromatic carbocycles. The summed E-state index contributed by atoms with van der Waals surface area (Å²) in [7, 11) is 1.56. The zero-order valence-corrected chi connectivity index (χ0v) is 8.23. The fourth-order valence-electron chi connectivity index (χ4n) is 1.62. The molecule has 0 saturated carbocycles. The molecular formula is C9H15NO4. The highest BCUT2D eigenvalue weighted by atomic mass is 16.5. The van der Waals surface area contributed by atoms with Crippen LogP contribution in [0, 0.1) is 0 Å². The van der Waals surface area contributed by atoms with Crippen molar-refractivity contribution in [2.45, 2.75) is 18.9 Å². The van der Waals surface area contributed by atoms with Crippen LogP contribution in [0.5, 0.6) is 0 Å². The second-order valence-corrected chi connectivity index (χ2v) is 3.39. The molecule has 0 aliphatic carbocycles. The number of hydrogen-bond donors (Lipinski definition) is 1. The van der Waals surface area contributed by atoms with Gasteiger partial charge in [0.25, 0.3) is 0 Å². The van der Waals surface area contributed by atoms with Crippen LogP contribution < -0.4 is 0 Å². The summed E-state index contributed by atoms with van der Waals surface area (Å²) < 4.78 is 4.86. The number of carboxylic acids is 1. The first-order valence-electron chi connectivity index (χ1n) is 4.62. The molecule has 1 unspecified atom stereocenters. The highest BCUT2D eigenvalue weighted by Crippen LogP contribution is 2.14. The van der Waals surface area contributed by atoms with Crippen LogP contribution in [0.25, 0.3) is 0 Å². The van der Waals surface area contributed by atoms with Crippen molar-refractivity contribution in [3.8, 4) is 0 Å². The minimum absolute atomic E-state index is 0.110. The highest BCUT2D eigenvalue weighted by Gasteiger charge is 2.31. The molecule has 0 amide bonds. The number of likely N-dealkylation sites (tertiary alicyclic amines) is 1. The number of hydrogen-bond acceptors (Lipinski definition) is 4. The molecule has 0 bridgehead atoms. The van der Waals surface area contributed by atoms with Gasteiger partial charge in [0.2, 0.25) is 0 Å². The Morgan fingerprint density at radius 3 is 3.00 bits per heavy atom. The maximum absolute atomic E-state index is 11.1. The number of Topliss-reactive ketones (excluding diaryl/α,β-unsaturated/α-hetero) is 1.